The van der Waals surface area contributed by atoms with Crippen molar-refractivity contribution in [1.82, 2.24) is 0 Å². The second-order valence-electron chi connectivity index (χ2n) is 8.49. The molecule has 0 N–H and O–H groups in total. The number of carbonyl (C=O) groups excluding carboxylic acids is 1. The average Bonchev–Trinajstić information content (AvgIpc) is 2.23. The highest BCUT2D eigenvalue weighted by molar-refractivity contribution is 5.76. The van der Waals surface area contributed by atoms with Crippen molar-refractivity contribution in [3.8, 4) is 0 Å². The summed E-state index contributed by atoms with van der Waals surface area (Å²) in [5.41, 5.74) is -0.295. The number of carbonyl (C=O) groups is 1. The molecule has 0 aromatic heterocycles. The van der Waals surface area contributed by atoms with Crippen LogP contribution in [0.4, 0.5) is 0 Å². The van der Waals surface area contributed by atoms with Gasteiger partial charge < -0.3 is 9.47 Å². The number of ether oxygens (including phenoxy) is 2. The van der Waals surface area contributed by atoms with Gasteiger partial charge in [0, 0.05) is 13.5 Å². The van der Waals surface area contributed by atoms with Crippen LogP contribution in [0.3, 0.4) is 0 Å². The first-order chi connectivity index (χ1) is 8.83. The van der Waals surface area contributed by atoms with E-state index < -0.39 is 11.7 Å². The van der Waals surface area contributed by atoms with Crippen molar-refractivity contribution < 1.29 is 14.3 Å². The lowest BCUT2D eigenvalue weighted by molar-refractivity contribution is -0.191. The van der Waals surface area contributed by atoms with Crippen LogP contribution in [0.5, 0.6) is 0 Å². The normalized spacial score (nSPS) is 17.4. The minimum absolute atomic E-state index is 0.0631. The third-order valence-corrected chi connectivity index (χ3v) is 3.47. The Labute approximate surface area is 125 Å². The quantitative estimate of drug-likeness (QED) is 0.520. The van der Waals surface area contributed by atoms with Crippen molar-refractivity contribution in [2.24, 2.45) is 16.2 Å². The topological polar surface area (TPSA) is 35.5 Å². The molecule has 2 atom stereocenters. The molecule has 0 fully saturated rings. The predicted octanol–water partition coefficient (Wildman–Crippen LogP) is 4.79. The number of esters is 1. The first kappa shape index (κ1) is 19.4. The van der Waals surface area contributed by atoms with E-state index in [4.69, 9.17) is 9.47 Å². The molecule has 0 aromatic rings. The third kappa shape index (κ3) is 7.28. The van der Waals surface area contributed by atoms with Crippen molar-refractivity contribution >= 4 is 5.97 Å². The van der Waals surface area contributed by atoms with Gasteiger partial charge in [-0.05, 0) is 30.6 Å². The lowest BCUT2D eigenvalue weighted by Gasteiger charge is -2.34. The number of methoxy groups -OCH3 is 1. The van der Waals surface area contributed by atoms with Crippen LogP contribution < -0.4 is 0 Å². The van der Waals surface area contributed by atoms with E-state index in [-0.39, 0.29) is 16.8 Å². The molecule has 0 amide bonds. The van der Waals surface area contributed by atoms with Gasteiger partial charge in [-0.25, -0.2) is 0 Å². The minimum Gasteiger partial charge on any atom is -0.435 e. The largest absolute Gasteiger partial charge is 0.435 e. The van der Waals surface area contributed by atoms with Crippen molar-refractivity contribution in [1.29, 1.82) is 0 Å². The van der Waals surface area contributed by atoms with Crippen LogP contribution in [0, 0.1) is 16.2 Å². The highest BCUT2D eigenvalue weighted by atomic mass is 16.7. The Morgan fingerprint density at radius 1 is 1.00 bits per heavy atom. The van der Waals surface area contributed by atoms with E-state index in [9.17, 15) is 4.79 Å². The smallest absolute Gasteiger partial charge is 0.314 e. The standard InChI is InChI=1S/C17H34O3/c1-10-17(8,12-16(5,6)7)14(18)20-13(19-9)11-15(2,3)4/h13H,10-12H2,1-9H3. The van der Waals surface area contributed by atoms with E-state index in [1.807, 2.05) is 13.8 Å². The van der Waals surface area contributed by atoms with E-state index in [2.05, 4.69) is 41.5 Å². The van der Waals surface area contributed by atoms with Gasteiger partial charge >= 0.3 is 5.97 Å². The predicted molar refractivity (Wildman–Crippen MR) is 83.4 cm³/mol. The maximum atomic E-state index is 12.5. The zero-order chi connectivity index (χ0) is 16.2. The number of hydrogen-bond donors (Lipinski definition) is 0. The number of hydrogen-bond acceptors (Lipinski definition) is 3. The van der Waals surface area contributed by atoms with Gasteiger partial charge in [-0.2, -0.15) is 0 Å². The van der Waals surface area contributed by atoms with Crippen LogP contribution in [0.1, 0.15) is 74.7 Å². The van der Waals surface area contributed by atoms with Gasteiger partial charge in [0.15, 0.2) is 0 Å². The van der Waals surface area contributed by atoms with Gasteiger partial charge in [0.25, 0.3) is 0 Å². The molecule has 0 radical (unpaired) electrons. The average molecular weight is 286 g/mol. The molecule has 0 aliphatic heterocycles. The molecule has 0 heterocycles. The highest BCUT2D eigenvalue weighted by Gasteiger charge is 2.38. The molecule has 0 aliphatic rings. The monoisotopic (exact) mass is 286 g/mol. The Balaban J connectivity index is 4.84. The summed E-state index contributed by atoms with van der Waals surface area (Å²) in [5, 5.41) is 0. The van der Waals surface area contributed by atoms with Crippen molar-refractivity contribution in [2.45, 2.75) is 80.9 Å². The molecular formula is C17H34O3. The van der Waals surface area contributed by atoms with Crippen molar-refractivity contribution in [3.05, 3.63) is 0 Å². The fraction of sp³-hybridized carbons (Fsp3) is 0.941. The van der Waals surface area contributed by atoms with Crippen LogP contribution in [0.2, 0.25) is 0 Å². The van der Waals surface area contributed by atoms with E-state index >= 15 is 0 Å². The zero-order valence-corrected chi connectivity index (χ0v) is 14.9. The van der Waals surface area contributed by atoms with Gasteiger partial charge in [-0.1, -0.05) is 48.5 Å². The fourth-order valence-electron chi connectivity index (χ4n) is 2.45. The zero-order valence-electron chi connectivity index (χ0n) is 14.9. The Kier molecular flexibility index (Phi) is 6.73. The van der Waals surface area contributed by atoms with Crippen LogP contribution >= 0.6 is 0 Å². The Hall–Kier alpha value is -0.570. The summed E-state index contributed by atoms with van der Waals surface area (Å²) in [6.07, 6.45) is 1.81. The summed E-state index contributed by atoms with van der Waals surface area (Å²) in [7, 11) is 1.59. The van der Waals surface area contributed by atoms with E-state index in [0.29, 0.717) is 6.42 Å². The maximum Gasteiger partial charge on any atom is 0.314 e. The van der Waals surface area contributed by atoms with Crippen LogP contribution in [-0.4, -0.2) is 19.4 Å². The molecule has 3 heteroatoms. The highest BCUT2D eigenvalue weighted by Crippen LogP contribution is 2.38. The minimum atomic E-state index is -0.464. The summed E-state index contributed by atoms with van der Waals surface area (Å²) >= 11 is 0. The Morgan fingerprint density at radius 3 is 1.80 bits per heavy atom. The summed E-state index contributed by atoms with van der Waals surface area (Å²) in [5.74, 6) is -0.147. The molecule has 120 valence electrons. The summed E-state index contributed by atoms with van der Waals surface area (Å²) < 4.78 is 10.9. The summed E-state index contributed by atoms with van der Waals surface area (Å²) in [6.45, 7) is 16.8. The van der Waals surface area contributed by atoms with Crippen molar-refractivity contribution in [3.63, 3.8) is 0 Å². The molecule has 0 saturated carbocycles. The third-order valence-electron chi connectivity index (χ3n) is 3.47. The van der Waals surface area contributed by atoms with Gasteiger partial charge in [-0.3, -0.25) is 4.79 Å². The molecule has 0 rings (SSSR count). The maximum absolute atomic E-state index is 12.5. The first-order valence-corrected chi connectivity index (χ1v) is 7.57. The molecule has 0 aromatic carbocycles. The first-order valence-electron chi connectivity index (χ1n) is 7.57. The SMILES string of the molecule is CCC(C)(CC(C)(C)C)C(=O)OC(CC(C)(C)C)OC. The summed E-state index contributed by atoms with van der Waals surface area (Å²) in [6, 6.07) is 0. The molecule has 0 spiro atoms. The molecule has 0 bridgehead atoms. The van der Waals surface area contributed by atoms with Gasteiger partial charge in [0.2, 0.25) is 6.29 Å². The molecule has 0 saturated heterocycles. The van der Waals surface area contributed by atoms with E-state index in [1.54, 1.807) is 7.11 Å². The van der Waals surface area contributed by atoms with Crippen molar-refractivity contribution in [2.75, 3.05) is 7.11 Å². The summed E-state index contributed by atoms with van der Waals surface area (Å²) in [4.78, 5) is 12.5. The second-order valence-corrected chi connectivity index (χ2v) is 8.49. The lowest BCUT2D eigenvalue weighted by atomic mass is 9.73. The second kappa shape index (κ2) is 6.93. The molecule has 0 aliphatic carbocycles. The van der Waals surface area contributed by atoms with Crippen LogP contribution in [0.25, 0.3) is 0 Å². The molecule has 20 heavy (non-hydrogen) atoms. The van der Waals surface area contributed by atoms with Gasteiger partial charge in [0.05, 0.1) is 5.41 Å². The number of rotatable bonds is 6. The molecular weight excluding hydrogens is 252 g/mol. The Bertz CT molecular complexity index is 309. The lowest BCUT2D eigenvalue weighted by Crippen LogP contribution is -2.37. The van der Waals surface area contributed by atoms with Gasteiger partial charge in [-0.15, -0.1) is 0 Å². The van der Waals surface area contributed by atoms with Gasteiger partial charge in [0.1, 0.15) is 0 Å². The van der Waals surface area contributed by atoms with Crippen LogP contribution in [-0.2, 0) is 14.3 Å². The van der Waals surface area contributed by atoms with E-state index in [1.165, 1.54) is 0 Å². The Morgan fingerprint density at radius 2 is 1.50 bits per heavy atom. The molecule has 3 nitrogen and oxygen atoms in total. The van der Waals surface area contributed by atoms with E-state index in [0.717, 1.165) is 12.8 Å². The fourth-order valence-corrected chi connectivity index (χ4v) is 2.45. The van der Waals surface area contributed by atoms with Crippen LogP contribution in [0.15, 0.2) is 0 Å². The molecule has 2 unspecified atom stereocenters.